The molecule has 0 aromatic carbocycles. The van der Waals surface area contributed by atoms with Gasteiger partial charge in [-0.05, 0) is 103 Å². The third-order valence-corrected chi connectivity index (χ3v) is 17.1. The summed E-state index contributed by atoms with van der Waals surface area (Å²) in [5.41, 5.74) is 0. The number of aliphatic hydroxyl groups is 1. The summed E-state index contributed by atoms with van der Waals surface area (Å²) in [7, 11) is -9.93. The van der Waals surface area contributed by atoms with Crippen LogP contribution in [0.2, 0.25) is 0 Å². The lowest BCUT2D eigenvalue weighted by atomic mass is 10.1. The highest BCUT2D eigenvalue weighted by atomic mass is 31.2. The van der Waals surface area contributed by atoms with Gasteiger partial charge in [0.25, 0.3) is 0 Å². The summed E-state index contributed by atoms with van der Waals surface area (Å²) in [5, 5.41) is 10.6. The zero-order valence-corrected chi connectivity index (χ0v) is 59.8. The number of carbonyl (C=O) groups is 4. The second-order valence-corrected chi connectivity index (χ2v) is 27.1. The summed E-state index contributed by atoms with van der Waals surface area (Å²) in [6, 6.07) is 0. The van der Waals surface area contributed by atoms with E-state index < -0.39 is 97.5 Å². The Morgan fingerprint density at radius 2 is 0.576 bits per heavy atom. The van der Waals surface area contributed by atoms with Crippen molar-refractivity contribution in [2.75, 3.05) is 39.6 Å². The first-order valence-electron chi connectivity index (χ1n) is 36.2. The van der Waals surface area contributed by atoms with Gasteiger partial charge in [-0.1, -0.05) is 255 Å². The minimum atomic E-state index is -4.97. The predicted molar refractivity (Wildman–Crippen MR) is 372 cm³/mol. The maximum absolute atomic E-state index is 13.0. The largest absolute Gasteiger partial charge is 0.472 e. The Labute approximate surface area is 558 Å². The van der Waals surface area contributed by atoms with E-state index in [0.717, 1.165) is 167 Å². The van der Waals surface area contributed by atoms with E-state index in [1.165, 1.54) is 64.2 Å². The van der Waals surface area contributed by atoms with Gasteiger partial charge in [0.15, 0.2) is 12.2 Å². The molecule has 19 heteroatoms. The molecule has 0 aromatic heterocycles. The van der Waals surface area contributed by atoms with Gasteiger partial charge in [-0.2, -0.15) is 0 Å². The maximum atomic E-state index is 13.0. The minimum absolute atomic E-state index is 0.0830. The van der Waals surface area contributed by atoms with E-state index in [-0.39, 0.29) is 25.7 Å². The molecule has 0 saturated carbocycles. The zero-order valence-electron chi connectivity index (χ0n) is 58.0. The lowest BCUT2D eigenvalue weighted by molar-refractivity contribution is -0.161. The zero-order chi connectivity index (χ0) is 67.5. The number of esters is 4. The summed E-state index contributed by atoms with van der Waals surface area (Å²) in [5.74, 6) is -2.19. The first-order valence-corrected chi connectivity index (χ1v) is 39.2. The number of hydrogen-bond acceptors (Lipinski definition) is 15. The van der Waals surface area contributed by atoms with E-state index >= 15 is 0 Å². The van der Waals surface area contributed by atoms with Gasteiger partial charge in [0.1, 0.15) is 19.3 Å². The van der Waals surface area contributed by atoms with E-state index in [2.05, 4.69) is 101 Å². The lowest BCUT2D eigenvalue weighted by Crippen LogP contribution is -2.30. The van der Waals surface area contributed by atoms with E-state index in [4.69, 9.17) is 37.0 Å². The van der Waals surface area contributed by atoms with Crippen LogP contribution in [0, 0.1) is 0 Å². The van der Waals surface area contributed by atoms with Crippen LogP contribution in [0.5, 0.6) is 0 Å². The summed E-state index contributed by atoms with van der Waals surface area (Å²) in [6.07, 6.45) is 63.5. The average Bonchev–Trinajstić information content (AvgIpc) is 2.26. The quantitative estimate of drug-likeness (QED) is 0.0169. The highest BCUT2D eigenvalue weighted by Gasteiger charge is 2.30. The molecule has 0 bridgehead atoms. The number of rotatable bonds is 68. The van der Waals surface area contributed by atoms with Crippen molar-refractivity contribution in [1.82, 2.24) is 0 Å². The molecule has 5 unspecified atom stereocenters. The first kappa shape index (κ1) is 88.5. The lowest BCUT2D eigenvalue weighted by Gasteiger charge is -2.21. The number of hydrogen-bond donors (Lipinski definition) is 3. The molecule has 0 rings (SSSR count). The molecule has 0 spiro atoms. The molecular formula is C73H130O17P2. The number of phosphoric acid groups is 2. The van der Waals surface area contributed by atoms with Crippen molar-refractivity contribution in [2.45, 2.75) is 329 Å². The van der Waals surface area contributed by atoms with Gasteiger partial charge in [0.05, 0.1) is 26.4 Å². The Morgan fingerprint density at radius 1 is 0.315 bits per heavy atom. The molecule has 0 amide bonds. The number of unbranched alkanes of at least 4 members (excludes halogenated alkanes) is 30. The standard InChI is InChI=1S/C73H130O17P2/c1-5-9-13-17-21-25-29-30-31-32-33-34-35-36-40-42-46-50-54-58-71(76)84-64-69(90-73(78)60-56-52-48-44-39-28-24-20-16-12-8-4)66-88-92(81,82)86-62-67(74)61-85-91(79,80)87-65-68(89-72(77)59-55-51-47-43-38-27-23-19-15-11-7-3)63-83-70(75)57-53-49-45-41-37-26-22-18-14-10-6-2/h9,13,18,20-22,24-25,30-31,33-34,67-69,74H,5-8,10-12,14-17,19,23,26-29,32,35-66H2,1-4H3,(H,79,80)(H,81,82)/b13-9-,22-18-,24-20-,25-21-,31-30-,34-33-. The fourth-order valence-corrected chi connectivity index (χ4v) is 11.2. The second-order valence-electron chi connectivity index (χ2n) is 24.2. The Hall–Kier alpha value is -3.50. The van der Waals surface area contributed by atoms with E-state index in [1.54, 1.807) is 0 Å². The van der Waals surface area contributed by atoms with Crippen molar-refractivity contribution in [3.63, 3.8) is 0 Å². The van der Waals surface area contributed by atoms with Crippen molar-refractivity contribution in [1.29, 1.82) is 0 Å². The minimum Gasteiger partial charge on any atom is -0.462 e. The highest BCUT2D eigenvalue weighted by molar-refractivity contribution is 7.47. The number of ether oxygens (including phenoxy) is 4. The monoisotopic (exact) mass is 1340 g/mol. The highest BCUT2D eigenvalue weighted by Crippen LogP contribution is 2.45. The second kappa shape index (κ2) is 66.1. The van der Waals surface area contributed by atoms with Gasteiger partial charge in [-0.3, -0.25) is 37.3 Å². The van der Waals surface area contributed by atoms with Gasteiger partial charge in [-0.25, -0.2) is 9.13 Å². The smallest absolute Gasteiger partial charge is 0.462 e. The predicted octanol–water partition coefficient (Wildman–Crippen LogP) is 20.1. The van der Waals surface area contributed by atoms with Gasteiger partial charge in [-0.15, -0.1) is 0 Å². The average molecular weight is 1340 g/mol. The van der Waals surface area contributed by atoms with Crippen LogP contribution in [-0.4, -0.2) is 96.7 Å². The molecular weight excluding hydrogens is 1210 g/mol. The van der Waals surface area contributed by atoms with Crippen LogP contribution >= 0.6 is 15.6 Å². The van der Waals surface area contributed by atoms with E-state index in [0.29, 0.717) is 25.7 Å². The normalized spacial score (nSPS) is 14.5. The van der Waals surface area contributed by atoms with Crippen LogP contribution in [-0.2, 0) is 65.4 Å². The molecule has 0 fully saturated rings. The summed E-state index contributed by atoms with van der Waals surface area (Å²) in [6.45, 7) is 4.65. The molecule has 534 valence electrons. The van der Waals surface area contributed by atoms with E-state index in [9.17, 15) is 43.2 Å². The fraction of sp³-hybridized carbons (Fsp3) is 0.781. The van der Waals surface area contributed by atoms with Crippen LogP contribution in [0.25, 0.3) is 0 Å². The molecule has 0 saturated heterocycles. The number of carbonyl (C=O) groups excluding carboxylic acids is 4. The van der Waals surface area contributed by atoms with Gasteiger partial charge in [0.2, 0.25) is 0 Å². The SMILES string of the molecule is CC/C=C\C/C=C\C/C=C\C/C=C\CCCCCCCCC(=O)OCC(COP(=O)(O)OCC(O)COP(=O)(O)OCC(COC(=O)CCCCCCC/C=C\CCCC)OC(=O)CCCCCCCCCCCCC)OC(=O)CCCCCCC/C=C\CCCC. The molecule has 0 heterocycles. The Morgan fingerprint density at radius 3 is 0.913 bits per heavy atom. The molecule has 3 N–H and O–H groups in total. The topological polar surface area (TPSA) is 237 Å². The van der Waals surface area contributed by atoms with Gasteiger partial charge in [0, 0.05) is 25.7 Å². The van der Waals surface area contributed by atoms with Crippen molar-refractivity contribution in [2.24, 2.45) is 0 Å². The van der Waals surface area contributed by atoms with Crippen molar-refractivity contribution in [3.05, 3.63) is 72.9 Å². The van der Waals surface area contributed by atoms with Crippen molar-refractivity contribution >= 4 is 39.5 Å². The Balaban J connectivity index is 5.26. The summed E-state index contributed by atoms with van der Waals surface area (Å²) in [4.78, 5) is 72.5. The molecule has 92 heavy (non-hydrogen) atoms. The summed E-state index contributed by atoms with van der Waals surface area (Å²) < 4.78 is 68.2. The molecule has 0 aromatic rings. The van der Waals surface area contributed by atoms with E-state index in [1.807, 2.05) is 0 Å². The first-order chi connectivity index (χ1) is 44.7. The van der Waals surface area contributed by atoms with Crippen LogP contribution in [0.1, 0.15) is 310 Å². The number of aliphatic hydroxyl groups excluding tert-OH is 1. The number of phosphoric ester groups is 2. The van der Waals surface area contributed by atoms with Gasteiger partial charge < -0.3 is 33.8 Å². The molecule has 17 nitrogen and oxygen atoms in total. The van der Waals surface area contributed by atoms with Crippen LogP contribution < -0.4 is 0 Å². The van der Waals surface area contributed by atoms with Crippen LogP contribution in [0.4, 0.5) is 0 Å². The molecule has 0 radical (unpaired) electrons. The fourth-order valence-electron chi connectivity index (χ4n) is 9.58. The molecule has 0 aliphatic carbocycles. The third kappa shape index (κ3) is 65.2. The maximum Gasteiger partial charge on any atom is 0.472 e. The molecule has 0 aliphatic heterocycles. The van der Waals surface area contributed by atoms with Crippen LogP contribution in [0.15, 0.2) is 72.9 Å². The Kier molecular flexibility index (Phi) is 63.6. The third-order valence-electron chi connectivity index (χ3n) is 15.2. The Bertz CT molecular complexity index is 2040. The molecule has 5 atom stereocenters. The van der Waals surface area contributed by atoms with Gasteiger partial charge >= 0.3 is 39.5 Å². The number of allylic oxidation sites excluding steroid dienone is 12. The van der Waals surface area contributed by atoms with Crippen molar-refractivity contribution in [3.8, 4) is 0 Å². The van der Waals surface area contributed by atoms with Crippen LogP contribution in [0.3, 0.4) is 0 Å². The molecule has 0 aliphatic rings. The van der Waals surface area contributed by atoms with Crippen molar-refractivity contribution < 1.29 is 80.2 Å². The summed E-state index contributed by atoms with van der Waals surface area (Å²) >= 11 is 0.